The minimum Gasteiger partial charge on any atom is -0.329 e. The number of hydrogen-bond donors (Lipinski definition) is 1. The Morgan fingerprint density at radius 1 is 1.53 bits per heavy atom. The Bertz CT molecular complexity index is 390. The highest BCUT2D eigenvalue weighted by Gasteiger charge is 2.27. The Morgan fingerprint density at radius 2 is 2.32 bits per heavy atom. The van der Waals surface area contributed by atoms with Crippen LogP contribution in [0.15, 0.2) is 12.1 Å². The zero-order valence-corrected chi connectivity index (χ0v) is 13.2. The van der Waals surface area contributed by atoms with Crippen molar-refractivity contribution in [3.05, 3.63) is 21.9 Å². The summed E-state index contributed by atoms with van der Waals surface area (Å²) in [6.45, 7) is 8.70. The van der Waals surface area contributed by atoms with E-state index in [0.29, 0.717) is 18.6 Å². The standard InChI is InChI=1S/C15H27N3S/c1-4-18-9-5-6-13(18)11-17(3)14(10-16)15-8-7-12(2)19-15/h7-8,13-14H,4-6,9-11,16H2,1-3H3. The molecule has 1 aromatic rings. The molecular formula is C15H27N3S. The summed E-state index contributed by atoms with van der Waals surface area (Å²) in [5.41, 5.74) is 6.01. The molecule has 3 nitrogen and oxygen atoms in total. The minimum atomic E-state index is 0.373. The lowest BCUT2D eigenvalue weighted by Gasteiger charge is -2.32. The summed E-state index contributed by atoms with van der Waals surface area (Å²) in [5, 5.41) is 0. The summed E-state index contributed by atoms with van der Waals surface area (Å²) in [6, 6.07) is 5.52. The fraction of sp³-hybridized carbons (Fsp3) is 0.733. The van der Waals surface area contributed by atoms with Crippen LogP contribution >= 0.6 is 11.3 Å². The number of likely N-dealkylation sites (tertiary alicyclic amines) is 1. The van der Waals surface area contributed by atoms with E-state index in [9.17, 15) is 0 Å². The molecule has 0 aliphatic carbocycles. The van der Waals surface area contributed by atoms with Gasteiger partial charge in [0.2, 0.25) is 0 Å². The van der Waals surface area contributed by atoms with E-state index in [1.807, 2.05) is 11.3 Å². The number of aryl methyl sites for hydroxylation is 1. The predicted molar refractivity (Wildman–Crippen MR) is 83.8 cm³/mol. The predicted octanol–water partition coefficient (Wildman–Crippen LogP) is 2.47. The molecule has 1 saturated heterocycles. The van der Waals surface area contributed by atoms with E-state index in [0.717, 1.165) is 6.54 Å². The number of rotatable bonds is 6. The van der Waals surface area contributed by atoms with Crippen LogP contribution < -0.4 is 5.73 Å². The maximum atomic E-state index is 6.01. The van der Waals surface area contributed by atoms with Crippen molar-refractivity contribution in [2.45, 2.75) is 38.8 Å². The van der Waals surface area contributed by atoms with Crippen LogP contribution in [0.1, 0.15) is 35.6 Å². The lowest BCUT2D eigenvalue weighted by molar-refractivity contribution is 0.167. The van der Waals surface area contributed by atoms with E-state index >= 15 is 0 Å². The van der Waals surface area contributed by atoms with Crippen molar-refractivity contribution in [1.29, 1.82) is 0 Å². The Hall–Kier alpha value is -0.420. The first kappa shape index (κ1) is 15.0. The van der Waals surface area contributed by atoms with E-state index < -0.39 is 0 Å². The molecule has 1 aliphatic rings. The van der Waals surface area contributed by atoms with Crippen LogP contribution in [0.2, 0.25) is 0 Å². The van der Waals surface area contributed by atoms with Gasteiger partial charge in [-0.25, -0.2) is 0 Å². The first-order valence-electron chi connectivity index (χ1n) is 7.36. The zero-order valence-electron chi connectivity index (χ0n) is 12.4. The van der Waals surface area contributed by atoms with Crippen molar-refractivity contribution in [3.8, 4) is 0 Å². The molecule has 0 aromatic carbocycles. The van der Waals surface area contributed by atoms with Gasteiger partial charge in [-0.05, 0) is 52.0 Å². The molecule has 2 N–H and O–H groups in total. The molecule has 1 aromatic heterocycles. The van der Waals surface area contributed by atoms with Crippen molar-refractivity contribution >= 4 is 11.3 Å². The molecule has 0 bridgehead atoms. The number of nitrogens with two attached hydrogens (primary N) is 1. The third-order valence-electron chi connectivity index (χ3n) is 4.25. The highest BCUT2D eigenvalue weighted by Crippen LogP contribution is 2.27. The largest absolute Gasteiger partial charge is 0.329 e. The molecule has 108 valence electrons. The van der Waals surface area contributed by atoms with E-state index in [1.54, 1.807) is 0 Å². The topological polar surface area (TPSA) is 32.5 Å². The van der Waals surface area contributed by atoms with E-state index in [1.165, 1.54) is 35.7 Å². The van der Waals surface area contributed by atoms with Crippen molar-refractivity contribution in [3.63, 3.8) is 0 Å². The molecule has 0 radical (unpaired) electrons. The molecule has 0 spiro atoms. The maximum absolute atomic E-state index is 6.01. The monoisotopic (exact) mass is 281 g/mol. The van der Waals surface area contributed by atoms with Crippen LogP contribution in [0, 0.1) is 6.92 Å². The smallest absolute Gasteiger partial charge is 0.0562 e. The van der Waals surface area contributed by atoms with Gasteiger partial charge in [-0.3, -0.25) is 9.80 Å². The summed E-state index contributed by atoms with van der Waals surface area (Å²) >= 11 is 1.88. The highest BCUT2D eigenvalue weighted by atomic mass is 32.1. The molecule has 2 atom stereocenters. The van der Waals surface area contributed by atoms with Gasteiger partial charge in [0.25, 0.3) is 0 Å². The Labute approximate surface area is 121 Å². The Kier molecular flexibility index (Phi) is 5.39. The number of thiophene rings is 1. The van der Waals surface area contributed by atoms with Crippen LogP contribution in [0.3, 0.4) is 0 Å². The average Bonchev–Trinajstić information content (AvgIpc) is 2.99. The van der Waals surface area contributed by atoms with Gasteiger partial charge in [0.15, 0.2) is 0 Å². The Morgan fingerprint density at radius 3 is 2.89 bits per heavy atom. The minimum absolute atomic E-state index is 0.373. The number of likely N-dealkylation sites (N-methyl/N-ethyl adjacent to an activating group) is 2. The van der Waals surface area contributed by atoms with Crippen molar-refractivity contribution < 1.29 is 0 Å². The lowest BCUT2D eigenvalue weighted by Crippen LogP contribution is -2.41. The summed E-state index contributed by atoms with van der Waals surface area (Å²) < 4.78 is 0. The third kappa shape index (κ3) is 3.57. The van der Waals surface area contributed by atoms with Gasteiger partial charge >= 0.3 is 0 Å². The van der Waals surface area contributed by atoms with Gasteiger partial charge in [-0.15, -0.1) is 11.3 Å². The van der Waals surface area contributed by atoms with Crippen LogP contribution in [-0.2, 0) is 0 Å². The number of hydrogen-bond acceptors (Lipinski definition) is 4. The molecule has 1 aliphatic heterocycles. The van der Waals surface area contributed by atoms with Crippen LogP contribution in [-0.4, -0.2) is 49.1 Å². The number of nitrogens with zero attached hydrogens (tertiary/aromatic N) is 2. The summed E-state index contributed by atoms with van der Waals surface area (Å²) in [4.78, 5) is 7.83. The zero-order chi connectivity index (χ0) is 13.8. The second-order valence-electron chi connectivity index (χ2n) is 5.56. The fourth-order valence-electron chi connectivity index (χ4n) is 3.12. The fourth-order valence-corrected chi connectivity index (χ4v) is 4.18. The van der Waals surface area contributed by atoms with Gasteiger partial charge < -0.3 is 5.73 Å². The summed E-state index contributed by atoms with van der Waals surface area (Å²) in [5.74, 6) is 0. The summed E-state index contributed by atoms with van der Waals surface area (Å²) in [7, 11) is 2.22. The molecular weight excluding hydrogens is 254 g/mol. The molecule has 2 rings (SSSR count). The summed E-state index contributed by atoms with van der Waals surface area (Å²) in [6.07, 6.45) is 2.68. The molecule has 19 heavy (non-hydrogen) atoms. The molecule has 0 amide bonds. The second kappa shape index (κ2) is 6.84. The first-order valence-corrected chi connectivity index (χ1v) is 8.18. The third-order valence-corrected chi connectivity index (χ3v) is 5.35. The maximum Gasteiger partial charge on any atom is 0.0562 e. The first-order chi connectivity index (χ1) is 9.15. The van der Waals surface area contributed by atoms with Crippen molar-refractivity contribution in [1.82, 2.24) is 9.80 Å². The lowest BCUT2D eigenvalue weighted by atomic mass is 10.1. The van der Waals surface area contributed by atoms with Crippen molar-refractivity contribution in [2.24, 2.45) is 5.73 Å². The average molecular weight is 281 g/mol. The van der Waals surface area contributed by atoms with Crippen LogP contribution in [0.5, 0.6) is 0 Å². The van der Waals surface area contributed by atoms with Gasteiger partial charge in [-0.2, -0.15) is 0 Å². The van der Waals surface area contributed by atoms with Crippen LogP contribution in [0.25, 0.3) is 0 Å². The van der Waals surface area contributed by atoms with E-state index in [-0.39, 0.29) is 0 Å². The van der Waals surface area contributed by atoms with E-state index in [2.05, 4.69) is 42.8 Å². The molecule has 4 heteroatoms. The molecule has 2 unspecified atom stereocenters. The molecule has 1 fully saturated rings. The van der Waals surface area contributed by atoms with Crippen molar-refractivity contribution in [2.75, 3.05) is 33.2 Å². The second-order valence-corrected chi connectivity index (χ2v) is 6.88. The van der Waals surface area contributed by atoms with Gasteiger partial charge in [0, 0.05) is 28.9 Å². The quantitative estimate of drug-likeness (QED) is 0.869. The normalized spacial score (nSPS) is 22.3. The van der Waals surface area contributed by atoms with Gasteiger partial charge in [0.05, 0.1) is 6.04 Å². The SMILES string of the molecule is CCN1CCCC1CN(C)C(CN)c1ccc(C)s1. The molecule has 0 saturated carbocycles. The highest BCUT2D eigenvalue weighted by molar-refractivity contribution is 7.12. The molecule has 2 heterocycles. The van der Waals surface area contributed by atoms with E-state index in [4.69, 9.17) is 5.73 Å². The Balaban J connectivity index is 1.99. The van der Waals surface area contributed by atoms with Gasteiger partial charge in [-0.1, -0.05) is 6.92 Å². The van der Waals surface area contributed by atoms with Gasteiger partial charge in [0.1, 0.15) is 0 Å². The van der Waals surface area contributed by atoms with Crippen LogP contribution in [0.4, 0.5) is 0 Å².